The molecular weight excluding hydrogens is 279 g/mol. The van der Waals surface area contributed by atoms with Crippen LogP contribution in [0, 0.1) is 0 Å². The van der Waals surface area contributed by atoms with Gasteiger partial charge in [-0.3, -0.25) is 9.97 Å². The molecule has 2 rings (SSSR count). The molecule has 100 valence electrons. The largest absolute Gasteiger partial charge is 0.416 e. The normalized spacial score (nSPS) is 13.3. The molecule has 19 heavy (non-hydrogen) atoms. The molecule has 0 amide bonds. The van der Waals surface area contributed by atoms with Gasteiger partial charge in [-0.15, -0.1) is 0 Å². The molecule has 2 N–H and O–H groups in total. The first-order valence-corrected chi connectivity index (χ1v) is 5.66. The maximum absolute atomic E-state index is 12.9. The first-order chi connectivity index (χ1) is 8.91. The number of hydrogen-bond donors (Lipinski definition) is 1. The van der Waals surface area contributed by atoms with Crippen molar-refractivity contribution in [2.75, 3.05) is 0 Å². The Balaban J connectivity index is 2.51. The van der Waals surface area contributed by atoms with Crippen LogP contribution in [0.1, 0.15) is 22.9 Å². The Hall–Kier alpha value is -1.66. The molecule has 0 aliphatic rings. The van der Waals surface area contributed by atoms with E-state index in [9.17, 15) is 13.2 Å². The maximum atomic E-state index is 12.9. The van der Waals surface area contributed by atoms with Gasteiger partial charge in [-0.2, -0.15) is 13.2 Å². The van der Waals surface area contributed by atoms with Gasteiger partial charge in [0.25, 0.3) is 0 Å². The Morgan fingerprint density at radius 2 is 1.95 bits per heavy atom. The molecular formula is C12H9ClF3N3. The highest BCUT2D eigenvalue weighted by atomic mass is 35.5. The van der Waals surface area contributed by atoms with Gasteiger partial charge in [0, 0.05) is 24.2 Å². The van der Waals surface area contributed by atoms with Crippen LogP contribution in [-0.2, 0) is 6.18 Å². The van der Waals surface area contributed by atoms with Gasteiger partial charge < -0.3 is 5.73 Å². The Morgan fingerprint density at radius 3 is 2.58 bits per heavy atom. The van der Waals surface area contributed by atoms with Crippen LogP contribution in [0.5, 0.6) is 0 Å². The number of nitrogens with two attached hydrogens (primary N) is 1. The third-order valence-corrected chi connectivity index (χ3v) is 2.89. The van der Waals surface area contributed by atoms with Crippen molar-refractivity contribution in [2.24, 2.45) is 5.73 Å². The van der Waals surface area contributed by atoms with Crippen LogP contribution in [0.3, 0.4) is 0 Å². The molecule has 0 saturated heterocycles. The Labute approximate surface area is 112 Å². The molecule has 1 atom stereocenters. The van der Waals surface area contributed by atoms with Gasteiger partial charge in [0.15, 0.2) is 0 Å². The molecule has 0 radical (unpaired) electrons. The lowest BCUT2D eigenvalue weighted by molar-refractivity contribution is -0.138. The molecule has 2 aromatic heterocycles. The second-order valence-electron chi connectivity index (χ2n) is 3.81. The van der Waals surface area contributed by atoms with Gasteiger partial charge in [0.1, 0.15) is 0 Å². The minimum atomic E-state index is -4.50. The summed E-state index contributed by atoms with van der Waals surface area (Å²) in [6.07, 6.45) is -0.931. The summed E-state index contributed by atoms with van der Waals surface area (Å²) in [6, 6.07) is 2.89. The predicted molar refractivity (Wildman–Crippen MR) is 64.5 cm³/mol. The van der Waals surface area contributed by atoms with Gasteiger partial charge in [-0.05, 0) is 18.2 Å². The SMILES string of the molecule is NC(c1cnccc1C(F)(F)F)c1ncccc1Cl. The first kappa shape index (κ1) is 13.8. The molecule has 7 heteroatoms. The fourth-order valence-corrected chi connectivity index (χ4v) is 1.93. The zero-order chi connectivity index (χ0) is 14.0. The number of rotatable bonds is 2. The molecule has 0 aromatic carbocycles. The van der Waals surface area contributed by atoms with Crippen molar-refractivity contribution in [3.05, 3.63) is 58.6 Å². The maximum Gasteiger partial charge on any atom is 0.416 e. The summed E-state index contributed by atoms with van der Waals surface area (Å²) in [6.45, 7) is 0. The lowest BCUT2D eigenvalue weighted by atomic mass is 10.00. The number of halogens is 4. The highest BCUT2D eigenvalue weighted by molar-refractivity contribution is 6.31. The van der Waals surface area contributed by atoms with Crippen LogP contribution in [-0.4, -0.2) is 9.97 Å². The third kappa shape index (κ3) is 2.85. The lowest BCUT2D eigenvalue weighted by Crippen LogP contribution is -2.20. The number of alkyl halides is 3. The van der Waals surface area contributed by atoms with Crippen molar-refractivity contribution < 1.29 is 13.2 Å². The molecule has 2 heterocycles. The molecule has 0 aliphatic carbocycles. The fraction of sp³-hybridized carbons (Fsp3) is 0.167. The average Bonchev–Trinajstić information content (AvgIpc) is 2.37. The Kier molecular flexibility index (Phi) is 3.73. The molecule has 2 aromatic rings. The summed E-state index contributed by atoms with van der Waals surface area (Å²) in [5, 5.41) is 0.215. The van der Waals surface area contributed by atoms with E-state index in [1.54, 1.807) is 6.07 Å². The summed E-state index contributed by atoms with van der Waals surface area (Å²) >= 11 is 5.89. The Bertz CT molecular complexity index is 586. The topological polar surface area (TPSA) is 51.8 Å². The smallest absolute Gasteiger partial charge is 0.319 e. The predicted octanol–water partition coefficient (Wildman–Crippen LogP) is 3.20. The van der Waals surface area contributed by atoms with E-state index in [-0.39, 0.29) is 16.3 Å². The van der Waals surface area contributed by atoms with Crippen LogP contribution in [0.2, 0.25) is 5.02 Å². The molecule has 0 spiro atoms. The average molecular weight is 288 g/mol. The van der Waals surface area contributed by atoms with Gasteiger partial charge in [-0.25, -0.2) is 0 Å². The van der Waals surface area contributed by atoms with Crippen molar-refractivity contribution in [3.8, 4) is 0 Å². The molecule has 0 bridgehead atoms. The number of aromatic nitrogens is 2. The second-order valence-corrected chi connectivity index (χ2v) is 4.22. The summed E-state index contributed by atoms with van der Waals surface area (Å²) in [5.74, 6) is 0. The quantitative estimate of drug-likeness (QED) is 0.923. The monoisotopic (exact) mass is 287 g/mol. The summed E-state index contributed by atoms with van der Waals surface area (Å²) in [5.41, 5.74) is 5.02. The van der Waals surface area contributed by atoms with Crippen LogP contribution >= 0.6 is 11.6 Å². The highest BCUT2D eigenvalue weighted by Gasteiger charge is 2.35. The zero-order valence-corrected chi connectivity index (χ0v) is 10.3. The van der Waals surface area contributed by atoms with E-state index in [1.807, 2.05) is 0 Å². The van der Waals surface area contributed by atoms with Gasteiger partial charge in [-0.1, -0.05) is 11.6 Å². The summed E-state index contributed by atoms with van der Waals surface area (Å²) < 4.78 is 38.7. The van der Waals surface area contributed by atoms with E-state index in [0.717, 1.165) is 18.5 Å². The lowest BCUT2D eigenvalue weighted by Gasteiger charge is -2.17. The molecule has 0 fully saturated rings. The first-order valence-electron chi connectivity index (χ1n) is 5.28. The summed E-state index contributed by atoms with van der Waals surface area (Å²) in [7, 11) is 0. The van der Waals surface area contributed by atoms with E-state index in [4.69, 9.17) is 17.3 Å². The minimum Gasteiger partial charge on any atom is -0.319 e. The zero-order valence-electron chi connectivity index (χ0n) is 9.53. The van der Waals surface area contributed by atoms with E-state index in [0.29, 0.717) is 0 Å². The van der Waals surface area contributed by atoms with Crippen molar-refractivity contribution in [1.82, 2.24) is 9.97 Å². The van der Waals surface area contributed by atoms with Crippen molar-refractivity contribution in [2.45, 2.75) is 12.2 Å². The number of hydrogen-bond acceptors (Lipinski definition) is 3. The van der Waals surface area contributed by atoms with Crippen molar-refractivity contribution in [1.29, 1.82) is 0 Å². The van der Waals surface area contributed by atoms with Gasteiger partial charge in [0.2, 0.25) is 0 Å². The third-order valence-electron chi connectivity index (χ3n) is 2.57. The van der Waals surface area contributed by atoms with Crippen LogP contribution in [0.25, 0.3) is 0 Å². The number of nitrogens with zero attached hydrogens (tertiary/aromatic N) is 2. The molecule has 0 aliphatic heterocycles. The Morgan fingerprint density at radius 1 is 1.21 bits per heavy atom. The van der Waals surface area contributed by atoms with Gasteiger partial charge >= 0.3 is 6.18 Å². The molecule has 1 unspecified atom stereocenters. The van der Waals surface area contributed by atoms with Crippen LogP contribution in [0.15, 0.2) is 36.8 Å². The fourth-order valence-electron chi connectivity index (χ4n) is 1.69. The van der Waals surface area contributed by atoms with Crippen LogP contribution in [0.4, 0.5) is 13.2 Å². The van der Waals surface area contributed by atoms with Crippen LogP contribution < -0.4 is 5.73 Å². The van der Waals surface area contributed by atoms with Crippen molar-refractivity contribution in [3.63, 3.8) is 0 Å². The molecule has 3 nitrogen and oxygen atoms in total. The second kappa shape index (κ2) is 5.14. The van der Waals surface area contributed by atoms with Crippen molar-refractivity contribution >= 4 is 11.6 Å². The van der Waals surface area contributed by atoms with Gasteiger partial charge in [0.05, 0.1) is 22.3 Å². The standard InChI is InChI=1S/C12H9ClF3N3/c13-9-2-1-4-19-11(9)10(17)7-6-18-5-3-8(7)12(14,15)16/h1-6,10H,17H2. The highest BCUT2D eigenvalue weighted by Crippen LogP contribution is 2.35. The van der Waals surface area contributed by atoms with E-state index >= 15 is 0 Å². The summed E-state index contributed by atoms with van der Waals surface area (Å²) in [4.78, 5) is 7.61. The van der Waals surface area contributed by atoms with E-state index in [2.05, 4.69) is 9.97 Å². The number of pyridine rings is 2. The van der Waals surface area contributed by atoms with E-state index in [1.165, 1.54) is 12.3 Å². The minimum absolute atomic E-state index is 0.157. The van der Waals surface area contributed by atoms with E-state index < -0.39 is 17.8 Å². The molecule has 0 saturated carbocycles.